The van der Waals surface area contributed by atoms with Crippen LogP contribution >= 0.6 is 15.9 Å². The van der Waals surface area contributed by atoms with Crippen molar-refractivity contribution in [2.24, 2.45) is 0 Å². The third kappa shape index (κ3) is 7.74. The highest BCUT2D eigenvalue weighted by molar-refractivity contribution is 9.10. The highest BCUT2D eigenvalue weighted by atomic mass is 79.9. The molecule has 4 N–H and O–H groups in total. The van der Waals surface area contributed by atoms with Gasteiger partial charge in [-0.15, -0.1) is 0 Å². The van der Waals surface area contributed by atoms with Gasteiger partial charge < -0.3 is 29.7 Å². The summed E-state index contributed by atoms with van der Waals surface area (Å²) in [5, 5.41) is 5.49. The van der Waals surface area contributed by atoms with Gasteiger partial charge in [0, 0.05) is 49.0 Å². The molecule has 1 saturated heterocycles. The summed E-state index contributed by atoms with van der Waals surface area (Å²) in [6.45, 7) is 11.4. The summed E-state index contributed by atoms with van der Waals surface area (Å²) in [5.41, 5.74) is 2.24. The molecule has 14 heteroatoms. The van der Waals surface area contributed by atoms with Gasteiger partial charge in [0.15, 0.2) is 5.69 Å². The molecule has 0 unspecified atom stereocenters. The Bertz CT molecular complexity index is 1670. The molecule has 0 saturated carbocycles. The molecular formula is C30H35BrN8O5. The number of piperazine rings is 1. The third-order valence-corrected chi connectivity index (χ3v) is 7.41. The number of rotatable bonds is 8. The summed E-state index contributed by atoms with van der Waals surface area (Å²) < 4.78 is 12.2. The Morgan fingerprint density at radius 2 is 1.80 bits per heavy atom. The monoisotopic (exact) mass is 666 g/mol. The number of ether oxygens (including phenoxy) is 2. The number of carbonyl (C=O) groups is 3. The predicted octanol–water partition coefficient (Wildman–Crippen LogP) is 4.79. The maximum atomic E-state index is 13.0. The van der Waals surface area contributed by atoms with E-state index in [2.05, 4.69) is 51.4 Å². The van der Waals surface area contributed by atoms with Gasteiger partial charge in [0.25, 0.3) is 11.8 Å². The van der Waals surface area contributed by atoms with E-state index in [1.54, 1.807) is 17.0 Å². The van der Waals surface area contributed by atoms with Crippen LogP contribution in [-0.2, 0) is 4.74 Å². The molecule has 0 aliphatic carbocycles. The smallest absolute Gasteiger partial charge is 0.410 e. The van der Waals surface area contributed by atoms with Crippen LogP contribution in [0, 0.1) is 6.92 Å². The molecule has 4 aromatic rings. The van der Waals surface area contributed by atoms with Crippen LogP contribution in [-0.4, -0.2) is 92.6 Å². The van der Waals surface area contributed by atoms with Crippen molar-refractivity contribution in [1.82, 2.24) is 29.7 Å². The quantitative estimate of drug-likeness (QED) is 0.209. The lowest BCUT2D eigenvalue weighted by atomic mass is 10.2. The van der Waals surface area contributed by atoms with E-state index in [1.807, 2.05) is 52.0 Å². The molecule has 2 aromatic heterocycles. The zero-order valence-corrected chi connectivity index (χ0v) is 26.6. The van der Waals surface area contributed by atoms with Crippen molar-refractivity contribution in [3.8, 4) is 5.75 Å². The van der Waals surface area contributed by atoms with E-state index < -0.39 is 17.4 Å². The van der Waals surface area contributed by atoms with Crippen LogP contribution < -0.4 is 15.4 Å². The SMILES string of the molecule is Cc1ccc(Br)cc1NC(=O)c1nc[nH]c1C(=O)Nc1nc2ccc(OCCN3CCN(C(=O)OC(C)(C)C)CC3)cc2[nH]1. The van der Waals surface area contributed by atoms with Gasteiger partial charge in [-0.05, 0) is 57.5 Å². The number of fused-ring (bicyclic) bond motifs is 1. The summed E-state index contributed by atoms with van der Waals surface area (Å²) in [6, 6.07) is 10.9. The number of aromatic nitrogens is 4. The van der Waals surface area contributed by atoms with Crippen molar-refractivity contribution in [2.45, 2.75) is 33.3 Å². The lowest BCUT2D eigenvalue weighted by Gasteiger charge is -2.35. The van der Waals surface area contributed by atoms with E-state index in [0.717, 1.165) is 23.1 Å². The number of carbonyl (C=O) groups excluding carboxylic acids is 3. The first-order chi connectivity index (χ1) is 20.9. The number of anilines is 2. The predicted molar refractivity (Wildman–Crippen MR) is 169 cm³/mol. The summed E-state index contributed by atoms with van der Waals surface area (Å²) in [4.78, 5) is 56.5. The Morgan fingerprint density at radius 1 is 1.02 bits per heavy atom. The highest BCUT2D eigenvalue weighted by Gasteiger charge is 2.26. The Kier molecular flexibility index (Phi) is 9.20. The maximum Gasteiger partial charge on any atom is 0.410 e. The van der Waals surface area contributed by atoms with Crippen LogP contribution in [0.15, 0.2) is 47.2 Å². The van der Waals surface area contributed by atoms with Gasteiger partial charge in [-0.25, -0.2) is 14.8 Å². The second-order valence-corrected chi connectivity index (χ2v) is 12.3. The zero-order valence-electron chi connectivity index (χ0n) is 25.0. The van der Waals surface area contributed by atoms with Crippen LogP contribution in [0.4, 0.5) is 16.4 Å². The van der Waals surface area contributed by atoms with Crippen LogP contribution in [0.25, 0.3) is 11.0 Å². The molecule has 1 aliphatic rings. The van der Waals surface area contributed by atoms with E-state index in [1.165, 1.54) is 6.33 Å². The first kappa shape index (κ1) is 31.0. The molecule has 13 nitrogen and oxygen atoms in total. The largest absolute Gasteiger partial charge is 0.492 e. The van der Waals surface area contributed by atoms with E-state index in [4.69, 9.17) is 9.47 Å². The van der Waals surface area contributed by atoms with E-state index in [9.17, 15) is 14.4 Å². The summed E-state index contributed by atoms with van der Waals surface area (Å²) in [7, 11) is 0. The Labute approximate surface area is 262 Å². The Hall–Kier alpha value is -4.43. The number of nitrogens with zero attached hydrogens (tertiary/aromatic N) is 4. The number of aryl methyl sites for hydroxylation is 1. The fourth-order valence-corrected chi connectivity index (χ4v) is 4.99. The standard InChI is InChI=1S/C30H35BrN8O5/c1-18-5-6-19(31)15-22(18)34-26(40)24-25(33-17-32-24)27(41)37-28-35-21-8-7-20(16-23(21)36-28)43-14-13-38-9-11-39(12-10-38)29(42)44-30(2,3)4/h5-8,15-17H,9-14H2,1-4H3,(H,32,33)(H,34,40)(H2,35,36,37,41). The first-order valence-corrected chi connectivity index (χ1v) is 15.0. The minimum absolute atomic E-state index is 0.00607. The minimum Gasteiger partial charge on any atom is -0.492 e. The number of imidazole rings is 2. The Balaban J connectivity index is 1.13. The van der Waals surface area contributed by atoms with Crippen molar-refractivity contribution in [3.63, 3.8) is 0 Å². The molecule has 0 bridgehead atoms. The van der Waals surface area contributed by atoms with Gasteiger partial charge in [0.1, 0.15) is 23.7 Å². The van der Waals surface area contributed by atoms with Crippen LogP contribution in [0.1, 0.15) is 47.3 Å². The van der Waals surface area contributed by atoms with Crippen molar-refractivity contribution in [1.29, 1.82) is 0 Å². The van der Waals surface area contributed by atoms with Crippen LogP contribution in [0.5, 0.6) is 5.75 Å². The summed E-state index contributed by atoms with van der Waals surface area (Å²) in [6.07, 6.45) is 1.01. The maximum absolute atomic E-state index is 13.0. The molecule has 0 atom stereocenters. The first-order valence-electron chi connectivity index (χ1n) is 14.2. The van der Waals surface area contributed by atoms with Crippen LogP contribution in [0.3, 0.4) is 0 Å². The van der Waals surface area contributed by atoms with Crippen molar-refractivity contribution >= 4 is 56.5 Å². The molecule has 3 amide bonds. The number of hydrogen-bond acceptors (Lipinski definition) is 8. The van der Waals surface area contributed by atoms with E-state index in [0.29, 0.717) is 48.7 Å². The molecule has 0 radical (unpaired) electrons. The van der Waals surface area contributed by atoms with E-state index in [-0.39, 0.29) is 23.4 Å². The minimum atomic E-state index is -0.569. The molecule has 1 fully saturated rings. The Morgan fingerprint density at radius 3 is 2.55 bits per heavy atom. The molecular weight excluding hydrogens is 632 g/mol. The lowest BCUT2D eigenvalue weighted by molar-refractivity contribution is 0.0137. The molecule has 1 aliphatic heterocycles. The second kappa shape index (κ2) is 13.1. The van der Waals surface area contributed by atoms with E-state index >= 15 is 0 Å². The van der Waals surface area contributed by atoms with Crippen LogP contribution in [0.2, 0.25) is 0 Å². The number of amides is 3. The van der Waals surface area contributed by atoms with Gasteiger partial charge in [-0.1, -0.05) is 22.0 Å². The van der Waals surface area contributed by atoms with Crippen molar-refractivity contribution in [2.75, 3.05) is 50.0 Å². The normalized spacial score (nSPS) is 14.0. The van der Waals surface area contributed by atoms with Gasteiger partial charge in [0.2, 0.25) is 5.95 Å². The molecule has 5 rings (SSSR count). The average Bonchev–Trinajstić information content (AvgIpc) is 3.61. The summed E-state index contributed by atoms with van der Waals surface area (Å²) in [5.74, 6) is -0.217. The fourth-order valence-electron chi connectivity index (χ4n) is 4.63. The number of nitrogens with one attached hydrogen (secondary N) is 4. The van der Waals surface area contributed by atoms with Crippen molar-refractivity contribution in [3.05, 3.63) is 64.1 Å². The number of halogens is 1. The number of benzene rings is 2. The second-order valence-electron chi connectivity index (χ2n) is 11.4. The number of H-pyrrole nitrogens is 2. The zero-order chi connectivity index (χ0) is 31.4. The molecule has 232 valence electrons. The lowest BCUT2D eigenvalue weighted by Crippen LogP contribution is -2.50. The number of hydrogen-bond donors (Lipinski definition) is 4. The molecule has 2 aromatic carbocycles. The third-order valence-electron chi connectivity index (χ3n) is 6.91. The van der Waals surface area contributed by atoms with Gasteiger partial charge in [-0.3, -0.25) is 19.8 Å². The van der Waals surface area contributed by atoms with Crippen molar-refractivity contribution < 1.29 is 23.9 Å². The average molecular weight is 668 g/mol. The molecule has 44 heavy (non-hydrogen) atoms. The number of aromatic amines is 2. The fraction of sp³-hybridized carbons (Fsp3) is 0.367. The highest BCUT2D eigenvalue weighted by Crippen LogP contribution is 2.23. The van der Waals surface area contributed by atoms with Gasteiger partial charge in [-0.2, -0.15) is 0 Å². The molecule has 3 heterocycles. The molecule has 0 spiro atoms. The topological polar surface area (TPSA) is 158 Å². The van der Waals surface area contributed by atoms with Gasteiger partial charge >= 0.3 is 6.09 Å². The summed E-state index contributed by atoms with van der Waals surface area (Å²) >= 11 is 3.40. The van der Waals surface area contributed by atoms with Gasteiger partial charge in [0.05, 0.1) is 17.4 Å².